The van der Waals surface area contributed by atoms with Crippen LogP contribution in [0.15, 0.2) is 11.2 Å². The lowest BCUT2D eigenvalue weighted by molar-refractivity contribution is 0.500. The summed E-state index contributed by atoms with van der Waals surface area (Å²) in [6, 6.07) is 0. The second-order valence-corrected chi connectivity index (χ2v) is 6.48. The summed E-state index contributed by atoms with van der Waals surface area (Å²) in [6.45, 7) is 2.69. The highest BCUT2D eigenvalue weighted by atomic mass is 32.2. The molecule has 0 saturated heterocycles. The van der Waals surface area contributed by atoms with E-state index in [0.717, 1.165) is 12.8 Å². The molecule has 0 aliphatic heterocycles. The monoisotopic (exact) mass is 258 g/mol. The first-order valence-electron chi connectivity index (χ1n) is 5.58. The topological polar surface area (TPSA) is 90.0 Å². The molecule has 0 radical (unpaired) electrons. The van der Waals surface area contributed by atoms with Crippen molar-refractivity contribution in [3.63, 3.8) is 0 Å². The van der Waals surface area contributed by atoms with Gasteiger partial charge < -0.3 is 10.3 Å². The number of rotatable bonds is 5. The van der Waals surface area contributed by atoms with E-state index in [1.54, 1.807) is 18.5 Å². The predicted octanol–water partition coefficient (Wildman–Crippen LogP) is -0.254. The fourth-order valence-electron chi connectivity index (χ4n) is 1.61. The molecule has 1 aromatic heterocycles. The Labute approximate surface area is 101 Å². The lowest BCUT2D eigenvalue weighted by atomic mass is 10.1. The third-order valence-corrected chi connectivity index (χ3v) is 4.66. The maximum atomic E-state index is 12.0. The van der Waals surface area contributed by atoms with Gasteiger partial charge in [-0.1, -0.05) is 0 Å². The van der Waals surface area contributed by atoms with Gasteiger partial charge in [0.2, 0.25) is 0 Å². The molecule has 2 rings (SSSR count). The Morgan fingerprint density at radius 1 is 1.59 bits per heavy atom. The van der Waals surface area contributed by atoms with Crippen LogP contribution in [0.3, 0.4) is 0 Å². The van der Waals surface area contributed by atoms with Crippen molar-refractivity contribution in [1.29, 1.82) is 0 Å². The number of imidazole rings is 1. The van der Waals surface area contributed by atoms with Crippen LogP contribution in [-0.4, -0.2) is 31.1 Å². The summed E-state index contributed by atoms with van der Waals surface area (Å²) in [5, 5.41) is 0.0744. The van der Waals surface area contributed by atoms with Crippen LogP contribution in [0.5, 0.6) is 0 Å². The molecule has 1 aliphatic rings. The third-order valence-electron chi connectivity index (χ3n) is 3.39. The Balaban J connectivity index is 2.09. The Hall–Kier alpha value is -0.920. The predicted molar refractivity (Wildman–Crippen MR) is 63.9 cm³/mol. The van der Waals surface area contributed by atoms with Gasteiger partial charge in [-0.2, -0.15) is 0 Å². The number of aromatic nitrogens is 2. The van der Waals surface area contributed by atoms with Crippen LogP contribution in [0.25, 0.3) is 0 Å². The average molecular weight is 258 g/mol. The van der Waals surface area contributed by atoms with Crippen LogP contribution in [0.2, 0.25) is 0 Å². The maximum Gasteiger partial charge on any atom is 0.259 e. The molecule has 1 aromatic rings. The van der Waals surface area contributed by atoms with Crippen LogP contribution < -0.4 is 10.5 Å². The van der Waals surface area contributed by atoms with Gasteiger partial charge in [-0.15, -0.1) is 0 Å². The highest BCUT2D eigenvalue weighted by Gasteiger charge is 2.42. The first-order chi connectivity index (χ1) is 7.88. The summed E-state index contributed by atoms with van der Waals surface area (Å²) >= 11 is 0. The Bertz CT molecular complexity index is 497. The van der Waals surface area contributed by atoms with E-state index in [9.17, 15) is 8.42 Å². The van der Waals surface area contributed by atoms with E-state index in [4.69, 9.17) is 5.73 Å². The van der Waals surface area contributed by atoms with E-state index >= 15 is 0 Å². The fraction of sp³-hybridized carbons (Fsp3) is 0.700. The molecule has 0 bridgehead atoms. The zero-order valence-electron chi connectivity index (χ0n) is 10.1. The summed E-state index contributed by atoms with van der Waals surface area (Å²) < 4.78 is 28.2. The molecule has 0 amide bonds. The first kappa shape index (κ1) is 12.5. The molecule has 1 aliphatic carbocycles. The number of aryl methyl sites for hydroxylation is 2. The van der Waals surface area contributed by atoms with Crippen LogP contribution in [0.1, 0.15) is 18.7 Å². The number of hydrogen-bond acceptors (Lipinski definition) is 4. The van der Waals surface area contributed by atoms with E-state index in [1.165, 1.54) is 6.20 Å². The number of nitrogens with two attached hydrogens (primary N) is 1. The molecule has 1 saturated carbocycles. The van der Waals surface area contributed by atoms with Crippen molar-refractivity contribution < 1.29 is 8.42 Å². The SMILES string of the molecule is Cc1nc(S(=O)(=O)NCC2(CN)CC2)cn1C. The normalized spacial score (nSPS) is 18.3. The molecule has 6 nitrogen and oxygen atoms in total. The van der Waals surface area contributed by atoms with Crippen molar-refractivity contribution in [2.75, 3.05) is 13.1 Å². The number of sulfonamides is 1. The van der Waals surface area contributed by atoms with Crippen LogP contribution >= 0.6 is 0 Å². The largest absolute Gasteiger partial charge is 0.337 e. The van der Waals surface area contributed by atoms with Gasteiger partial charge in [0, 0.05) is 19.8 Å². The molecule has 0 atom stereocenters. The van der Waals surface area contributed by atoms with Crippen molar-refractivity contribution in [3.05, 3.63) is 12.0 Å². The summed E-state index contributed by atoms with van der Waals surface area (Å²) in [4.78, 5) is 4.01. The highest BCUT2D eigenvalue weighted by molar-refractivity contribution is 7.89. The summed E-state index contributed by atoms with van der Waals surface area (Å²) in [5.41, 5.74) is 5.59. The first-order valence-corrected chi connectivity index (χ1v) is 7.07. The number of hydrogen-bond donors (Lipinski definition) is 2. The maximum absolute atomic E-state index is 12.0. The minimum Gasteiger partial charge on any atom is -0.337 e. The lowest BCUT2D eigenvalue weighted by Gasteiger charge is -2.12. The standard InChI is InChI=1S/C10H18N4O2S/c1-8-13-9(5-14(8)2)17(15,16)12-7-10(6-11)3-4-10/h5,12H,3-4,6-7,11H2,1-2H3. The average Bonchev–Trinajstić information content (AvgIpc) is 2.99. The van der Waals surface area contributed by atoms with Crippen molar-refractivity contribution >= 4 is 10.0 Å². The molecule has 96 valence electrons. The van der Waals surface area contributed by atoms with Gasteiger partial charge in [-0.05, 0) is 31.7 Å². The van der Waals surface area contributed by atoms with Gasteiger partial charge in [0.15, 0.2) is 5.03 Å². The molecule has 0 spiro atoms. The zero-order chi connectivity index (χ0) is 12.7. The molecular formula is C10H18N4O2S. The number of nitrogens with zero attached hydrogens (tertiary/aromatic N) is 2. The molecule has 0 unspecified atom stereocenters. The van der Waals surface area contributed by atoms with Gasteiger partial charge in [-0.3, -0.25) is 0 Å². The van der Waals surface area contributed by atoms with E-state index in [1.807, 2.05) is 0 Å². The van der Waals surface area contributed by atoms with E-state index in [0.29, 0.717) is 18.9 Å². The van der Waals surface area contributed by atoms with Gasteiger partial charge >= 0.3 is 0 Å². The molecule has 17 heavy (non-hydrogen) atoms. The quantitative estimate of drug-likeness (QED) is 0.762. The second-order valence-electron chi connectivity index (χ2n) is 4.77. The third kappa shape index (κ3) is 2.51. The second kappa shape index (κ2) is 4.08. The van der Waals surface area contributed by atoms with Crippen molar-refractivity contribution in [3.8, 4) is 0 Å². The van der Waals surface area contributed by atoms with E-state index in [-0.39, 0.29) is 10.4 Å². The van der Waals surface area contributed by atoms with Crippen molar-refractivity contribution in [2.24, 2.45) is 18.2 Å². The van der Waals surface area contributed by atoms with Crippen LogP contribution in [0.4, 0.5) is 0 Å². The molecular weight excluding hydrogens is 240 g/mol. The molecule has 1 fully saturated rings. The van der Waals surface area contributed by atoms with E-state index in [2.05, 4.69) is 9.71 Å². The Kier molecular flexibility index (Phi) is 3.01. The van der Waals surface area contributed by atoms with Crippen molar-refractivity contribution in [1.82, 2.24) is 14.3 Å². The van der Waals surface area contributed by atoms with Gasteiger partial charge in [0.05, 0.1) is 0 Å². The van der Waals surface area contributed by atoms with Crippen LogP contribution in [0, 0.1) is 12.3 Å². The number of nitrogens with one attached hydrogen (secondary N) is 1. The van der Waals surface area contributed by atoms with Gasteiger partial charge in [0.25, 0.3) is 10.0 Å². The Morgan fingerprint density at radius 3 is 2.65 bits per heavy atom. The summed E-state index contributed by atoms with van der Waals surface area (Å²) in [5.74, 6) is 0.672. The minimum absolute atomic E-state index is 0.0170. The lowest BCUT2D eigenvalue weighted by Crippen LogP contribution is -2.34. The minimum atomic E-state index is -3.50. The van der Waals surface area contributed by atoms with E-state index < -0.39 is 10.0 Å². The van der Waals surface area contributed by atoms with Crippen LogP contribution in [-0.2, 0) is 17.1 Å². The van der Waals surface area contributed by atoms with Gasteiger partial charge in [-0.25, -0.2) is 18.1 Å². The van der Waals surface area contributed by atoms with Crippen molar-refractivity contribution in [2.45, 2.75) is 24.8 Å². The molecule has 0 aromatic carbocycles. The molecule has 3 N–H and O–H groups in total. The van der Waals surface area contributed by atoms with Gasteiger partial charge in [0.1, 0.15) is 5.82 Å². The molecule has 1 heterocycles. The fourth-order valence-corrected chi connectivity index (χ4v) is 2.80. The molecule has 7 heteroatoms. The zero-order valence-corrected chi connectivity index (χ0v) is 10.9. The summed E-state index contributed by atoms with van der Waals surface area (Å²) in [7, 11) is -1.74. The summed E-state index contributed by atoms with van der Waals surface area (Å²) in [6.07, 6.45) is 3.50. The highest BCUT2D eigenvalue weighted by Crippen LogP contribution is 2.43. The Morgan fingerprint density at radius 2 is 2.24 bits per heavy atom. The smallest absolute Gasteiger partial charge is 0.259 e.